The minimum atomic E-state index is -0.903. The van der Waals surface area contributed by atoms with E-state index in [1.165, 1.54) is 0 Å². The van der Waals surface area contributed by atoms with Crippen LogP contribution in [-0.2, 0) is 11.3 Å². The van der Waals surface area contributed by atoms with Gasteiger partial charge in [-0.05, 0) is 31.2 Å². The van der Waals surface area contributed by atoms with Crippen LogP contribution >= 0.6 is 11.6 Å². The van der Waals surface area contributed by atoms with Crippen LogP contribution in [0.2, 0.25) is 5.02 Å². The summed E-state index contributed by atoms with van der Waals surface area (Å²) in [4.78, 5) is 21.8. The summed E-state index contributed by atoms with van der Waals surface area (Å²) < 4.78 is 5.37. The molecule has 0 aliphatic heterocycles. The second-order valence-corrected chi connectivity index (χ2v) is 4.57. The molecule has 7 heteroatoms. The minimum absolute atomic E-state index is 0.286. The Bertz CT molecular complexity index is 480. The number of hydrogen-bond acceptors (Lipinski definition) is 4. The van der Waals surface area contributed by atoms with E-state index in [1.807, 2.05) is 5.32 Å². The lowest BCUT2D eigenvalue weighted by Gasteiger charge is -2.12. The Morgan fingerprint density at radius 2 is 2.15 bits per heavy atom. The van der Waals surface area contributed by atoms with E-state index < -0.39 is 11.9 Å². The van der Waals surface area contributed by atoms with E-state index in [9.17, 15) is 9.59 Å². The zero-order valence-corrected chi connectivity index (χ0v) is 12.0. The molecule has 0 atom stereocenters. The SMILES string of the molecule is CCCNCc1cc(Cl)ccc1OCC(=O)NC(N)=O. The highest BCUT2D eigenvalue weighted by Crippen LogP contribution is 2.22. The van der Waals surface area contributed by atoms with Gasteiger partial charge in [-0.15, -0.1) is 0 Å². The molecule has 1 aromatic carbocycles. The van der Waals surface area contributed by atoms with E-state index in [1.54, 1.807) is 18.2 Å². The summed E-state index contributed by atoms with van der Waals surface area (Å²) in [6.07, 6.45) is 1.01. The van der Waals surface area contributed by atoms with Gasteiger partial charge >= 0.3 is 6.03 Å². The van der Waals surface area contributed by atoms with E-state index in [4.69, 9.17) is 22.1 Å². The van der Waals surface area contributed by atoms with Gasteiger partial charge in [0, 0.05) is 17.1 Å². The summed E-state index contributed by atoms with van der Waals surface area (Å²) >= 11 is 5.94. The molecule has 1 rings (SSSR count). The molecule has 0 heterocycles. The average Bonchev–Trinajstić information content (AvgIpc) is 2.37. The Kier molecular flexibility index (Phi) is 6.83. The second-order valence-electron chi connectivity index (χ2n) is 4.13. The fraction of sp³-hybridized carbons (Fsp3) is 0.385. The molecule has 0 unspecified atom stereocenters. The summed E-state index contributed by atoms with van der Waals surface area (Å²) in [5.74, 6) is -0.0578. The molecule has 0 spiro atoms. The number of nitrogens with two attached hydrogens (primary N) is 1. The van der Waals surface area contributed by atoms with Gasteiger partial charge in [-0.25, -0.2) is 4.79 Å². The number of carbonyl (C=O) groups is 2. The van der Waals surface area contributed by atoms with Crippen LogP contribution in [0.1, 0.15) is 18.9 Å². The summed E-state index contributed by atoms with van der Waals surface area (Å²) in [6.45, 7) is 3.23. The van der Waals surface area contributed by atoms with Crippen molar-refractivity contribution in [2.45, 2.75) is 19.9 Å². The number of amides is 3. The van der Waals surface area contributed by atoms with Gasteiger partial charge in [0.2, 0.25) is 0 Å². The van der Waals surface area contributed by atoms with Gasteiger partial charge in [-0.3, -0.25) is 10.1 Å². The van der Waals surface area contributed by atoms with Crippen molar-refractivity contribution < 1.29 is 14.3 Å². The lowest BCUT2D eigenvalue weighted by Crippen LogP contribution is -2.38. The number of halogens is 1. The fourth-order valence-electron chi connectivity index (χ4n) is 1.54. The molecule has 0 fully saturated rings. The predicted octanol–water partition coefficient (Wildman–Crippen LogP) is 1.41. The standard InChI is InChI=1S/C13H18ClN3O3/c1-2-5-16-7-9-6-10(14)3-4-11(9)20-8-12(18)17-13(15)19/h3-4,6,16H,2,5,7-8H2,1H3,(H3,15,17,18,19). The third kappa shape index (κ3) is 5.90. The van der Waals surface area contributed by atoms with Gasteiger partial charge in [0.05, 0.1) is 0 Å². The first-order valence-corrected chi connectivity index (χ1v) is 6.62. The number of rotatable bonds is 7. The van der Waals surface area contributed by atoms with Crippen LogP contribution in [0.4, 0.5) is 4.79 Å². The molecule has 20 heavy (non-hydrogen) atoms. The lowest BCUT2D eigenvalue weighted by molar-refractivity contribution is -0.121. The molecule has 0 radical (unpaired) electrons. The third-order valence-corrected chi connectivity index (χ3v) is 2.62. The van der Waals surface area contributed by atoms with Gasteiger partial charge in [0.25, 0.3) is 5.91 Å². The van der Waals surface area contributed by atoms with Crippen LogP contribution in [0.25, 0.3) is 0 Å². The van der Waals surface area contributed by atoms with Gasteiger partial charge in [0.15, 0.2) is 6.61 Å². The molecule has 0 aliphatic carbocycles. The Hall–Kier alpha value is -1.79. The molecule has 0 aromatic heterocycles. The Morgan fingerprint density at radius 1 is 1.40 bits per heavy atom. The van der Waals surface area contributed by atoms with Crippen molar-refractivity contribution in [2.75, 3.05) is 13.2 Å². The van der Waals surface area contributed by atoms with Crippen molar-refractivity contribution in [3.05, 3.63) is 28.8 Å². The molecule has 3 amide bonds. The summed E-state index contributed by atoms with van der Waals surface area (Å²) in [7, 11) is 0. The highest BCUT2D eigenvalue weighted by molar-refractivity contribution is 6.30. The maximum Gasteiger partial charge on any atom is 0.318 e. The number of hydrogen-bond donors (Lipinski definition) is 3. The highest BCUT2D eigenvalue weighted by atomic mass is 35.5. The van der Waals surface area contributed by atoms with Crippen molar-refractivity contribution in [1.82, 2.24) is 10.6 Å². The quantitative estimate of drug-likeness (QED) is 0.664. The minimum Gasteiger partial charge on any atom is -0.483 e. The number of benzene rings is 1. The predicted molar refractivity (Wildman–Crippen MR) is 76.7 cm³/mol. The molecule has 0 bridgehead atoms. The molecule has 110 valence electrons. The van der Waals surface area contributed by atoms with E-state index in [0.717, 1.165) is 18.5 Å². The van der Waals surface area contributed by atoms with Crippen molar-refractivity contribution >= 4 is 23.5 Å². The molecule has 0 saturated heterocycles. The number of primary amides is 1. The number of carbonyl (C=O) groups excluding carboxylic acids is 2. The van der Waals surface area contributed by atoms with E-state index in [0.29, 0.717) is 17.3 Å². The molecule has 1 aromatic rings. The molecule has 4 N–H and O–H groups in total. The Morgan fingerprint density at radius 3 is 2.80 bits per heavy atom. The molecule has 0 saturated carbocycles. The van der Waals surface area contributed by atoms with Crippen molar-refractivity contribution in [3.8, 4) is 5.75 Å². The first-order chi connectivity index (χ1) is 9.52. The number of nitrogens with one attached hydrogen (secondary N) is 2. The maximum absolute atomic E-state index is 11.3. The van der Waals surface area contributed by atoms with Crippen LogP contribution in [0, 0.1) is 0 Å². The highest BCUT2D eigenvalue weighted by Gasteiger charge is 2.09. The largest absolute Gasteiger partial charge is 0.483 e. The Labute approximate surface area is 122 Å². The summed E-state index contributed by atoms with van der Waals surface area (Å²) in [6, 6.07) is 4.22. The smallest absolute Gasteiger partial charge is 0.318 e. The first-order valence-electron chi connectivity index (χ1n) is 6.24. The summed E-state index contributed by atoms with van der Waals surface area (Å²) in [5, 5.41) is 5.74. The van der Waals surface area contributed by atoms with Gasteiger partial charge in [-0.1, -0.05) is 18.5 Å². The van der Waals surface area contributed by atoms with Crippen molar-refractivity contribution in [3.63, 3.8) is 0 Å². The van der Waals surface area contributed by atoms with Crippen LogP contribution in [0.15, 0.2) is 18.2 Å². The topological polar surface area (TPSA) is 93.4 Å². The van der Waals surface area contributed by atoms with Gasteiger partial charge < -0.3 is 15.8 Å². The number of ether oxygens (including phenoxy) is 1. The van der Waals surface area contributed by atoms with Crippen LogP contribution in [0.5, 0.6) is 5.75 Å². The lowest BCUT2D eigenvalue weighted by atomic mass is 10.2. The normalized spacial score (nSPS) is 10.1. The number of imide groups is 1. The maximum atomic E-state index is 11.3. The van der Waals surface area contributed by atoms with Crippen LogP contribution in [-0.4, -0.2) is 25.1 Å². The van der Waals surface area contributed by atoms with E-state index in [-0.39, 0.29) is 6.61 Å². The fourth-order valence-corrected chi connectivity index (χ4v) is 1.74. The zero-order chi connectivity index (χ0) is 15.0. The van der Waals surface area contributed by atoms with Gasteiger partial charge in [0.1, 0.15) is 5.75 Å². The van der Waals surface area contributed by atoms with Gasteiger partial charge in [-0.2, -0.15) is 0 Å². The molecular weight excluding hydrogens is 282 g/mol. The van der Waals surface area contributed by atoms with Crippen molar-refractivity contribution in [1.29, 1.82) is 0 Å². The molecule has 0 aliphatic rings. The first kappa shape index (κ1) is 16.3. The Balaban J connectivity index is 2.63. The third-order valence-electron chi connectivity index (χ3n) is 2.39. The average molecular weight is 300 g/mol. The van der Waals surface area contributed by atoms with E-state index in [2.05, 4.69) is 12.2 Å². The molecular formula is C13H18ClN3O3. The molecule has 6 nitrogen and oxygen atoms in total. The zero-order valence-electron chi connectivity index (χ0n) is 11.2. The van der Waals surface area contributed by atoms with Crippen LogP contribution in [0.3, 0.4) is 0 Å². The van der Waals surface area contributed by atoms with E-state index >= 15 is 0 Å². The monoisotopic (exact) mass is 299 g/mol. The van der Waals surface area contributed by atoms with Crippen molar-refractivity contribution in [2.24, 2.45) is 5.73 Å². The van der Waals surface area contributed by atoms with Crippen LogP contribution < -0.4 is 21.1 Å². The summed E-state index contributed by atoms with van der Waals surface area (Å²) in [5.41, 5.74) is 5.68. The number of urea groups is 1. The second kappa shape index (κ2) is 8.39.